The summed E-state index contributed by atoms with van der Waals surface area (Å²) < 4.78 is 0. The smallest absolute Gasteiger partial charge is 0.170 e. The van der Waals surface area contributed by atoms with Gasteiger partial charge in [-0.2, -0.15) is 0 Å². The molecular formula is C49H80O. The van der Waals surface area contributed by atoms with Crippen molar-refractivity contribution in [3.05, 3.63) is 143 Å². The van der Waals surface area contributed by atoms with Crippen molar-refractivity contribution in [1.82, 2.24) is 0 Å². The van der Waals surface area contributed by atoms with E-state index in [1.807, 2.05) is 69.2 Å². The van der Waals surface area contributed by atoms with E-state index in [1.165, 1.54) is 34.3 Å². The third kappa shape index (κ3) is 17.3. The van der Waals surface area contributed by atoms with Crippen molar-refractivity contribution in [2.75, 3.05) is 0 Å². The number of Topliss-reactive ketones (excluding diaryl/α,β-unsaturated/α-hetero) is 1. The summed E-state index contributed by atoms with van der Waals surface area (Å²) in [6.07, 6.45) is 5.32. The number of rotatable bonds is 8. The molecule has 0 heterocycles. The molecule has 2 atom stereocenters. The van der Waals surface area contributed by atoms with Crippen LogP contribution in [-0.4, -0.2) is 5.78 Å². The van der Waals surface area contributed by atoms with Crippen molar-refractivity contribution in [2.24, 2.45) is 5.92 Å². The Morgan fingerprint density at radius 1 is 0.760 bits per heavy atom. The van der Waals surface area contributed by atoms with Crippen molar-refractivity contribution in [3.8, 4) is 0 Å². The van der Waals surface area contributed by atoms with Gasteiger partial charge in [-0.1, -0.05) is 151 Å². The topological polar surface area (TPSA) is 17.1 Å². The van der Waals surface area contributed by atoms with Gasteiger partial charge in [0.25, 0.3) is 0 Å². The van der Waals surface area contributed by atoms with Crippen LogP contribution < -0.4 is 0 Å². The van der Waals surface area contributed by atoms with E-state index < -0.39 is 0 Å². The molecule has 1 aliphatic carbocycles. The van der Waals surface area contributed by atoms with Gasteiger partial charge in [0.05, 0.1) is 0 Å². The molecule has 0 spiro atoms. The lowest BCUT2D eigenvalue weighted by Gasteiger charge is -2.19. The van der Waals surface area contributed by atoms with Crippen LogP contribution in [0.1, 0.15) is 166 Å². The Morgan fingerprint density at radius 2 is 1.24 bits per heavy atom. The summed E-state index contributed by atoms with van der Waals surface area (Å²) in [5.74, 6) is 0.355. The number of allylic oxidation sites excluding steroid dienone is 6. The van der Waals surface area contributed by atoms with Crippen molar-refractivity contribution in [2.45, 2.75) is 150 Å². The van der Waals surface area contributed by atoms with Crippen LogP contribution in [0.4, 0.5) is 0 Å². The Bertz CT molecular complexity index is 1350. The van der Waals surface area contributed by atoms with Gasteiger partial charge in [-0.15, -0.1) is 32.0 Å². The first-order chi connectivity index (χ1) is 23.9. The molecule has 0 amide bonds. The summed E-state index contributed by atoms with van der Waals surface area (Å²) in [7, 11) is 0. The van der Waals surface area contributed by atoms with Gasteiger partial charge in [-0.3, -0.25) is 4.79 Å². The van der Waals surface area contributed by atoms with Crippen LogP contribution in [0.25, 0.3) is 5.57 Å². The first kappa shape index (κ1) is 55.7. The number of benzene rings is 2. The van der Waals surface area contributed by atoms with Gasteiger partial charge in [-0.25, -0.2) is 0 Å². The van der Waals surface area contributed by atoms with Crippen LogP contribution >= 0.6 is 0 Å². The minimum Gasteiger partial charge on any atom is -0.293 e. The molecule has 1 aliphatic rings. The highest BCUT2D eigenvalue weighted by molar-refractivity contribution is 6.02. The first-order valence-corrected chi connectivity index (χ1v) is 19.1. The quantitative estimate of drug-likeness (QED) is 0.117. The molecule has 3 rings (SSSR count). The molecule has 0 fully saturated rings. The van der Waals surface area contributed by atoms with Gasteiger partial charge >= 0.3 is 0 Å². The Morgan fingerprint density at radius 3 is 1.64 bits per heavy atom. The monoisotopic (exact) mass is 685 g/mol. The molecule has 2 aromatic carbocycles. The van der Waals surface area contributed by atoms with Gasteiger partial charge < -0.3 is 0 Å². The molecule has 2 unspecified atom stereocenters. The Hall–Kier alpha value is -3.67. The molecule has 1 nitrogen and oxygen atoms in total. The summed E-state index contributed by atoms with van der Waals surface area (Å²) in [6, 6.07) is 10.5. The SMILES string of the molecule is C=C.C=C.C=C=C(C(=C)CC1=CC(C)=C(C)C1C)c1cc(C(C)C(=O)c2cc(C)c(CC)cc2C)ccc1C.CC.CC.CC.CC.CCC. The van der Waals surface area contributed by atoms with Crippen LogP contribution in [-0.2, 0) is 6.42 Å². The zero-order valence-corrected chi connectivity index (χ0v) is 36.4. The molecule has 0 N–H and O–H groups in total. The first-order valence-electron chi connectivity index (χ1n) is 19.1. The number of ketones is 1. The molecule has 50 heavy (non-hydrogen) atoms. The van der Waals surface area contributed by atoms with E-state index in [0.29, 0.717) is 5.92 Å². The second-order valence-corrected chi connectivity index (χ2v) is 11.0. The van der Waals surface area contributed by atoms with E-state index in [4.69, 9.17) is 0 Å². The summed E-state index contributed by atoms with van der Waals surface area (Å²) in [6.45, 7) is 57.7. The fraction of sp³-hybridized carbons (Fsp3) is 0.469. The van der Waals surface area contributed by atoms with Crippen LogP contribution in [0.5, 0.6) is 0 Å². The lowest BCUT2D eigenvalue weighted by atomic mass is 9.84. The van der Waals surface area contributed by atoms with Crippen LogP contribution in [0.2, 0.25) is 0 Å². The van der Waals surface area contributed by atoms with Crippen LogP contribution in [0, 0.1) is 26.7 Å². The largest absolute Gasteiger partial charge is 0.293 e. The average Bonchev–Trinajstić information content (AvgIpc) is 3.40. The molecular weight excluding hydrogens is 605 g/mol. The Kier molecular flexibility index (Phi) is 37.7. The van der Waals surface area contributed by atoms with E-state index >= 15 is 0 Å². The van der Waals surface area contributed by atoms with Crippen LogP contribution in [0.15, 0.2) is 104 Å². The van der Waals surface area contributed by atoms with Gasteiger partial charge in [-0.05, 0) is 104 Å². The minimum atomic E-state index is -0.244. The zero-order chi connectivity index (χ0) is 40.7. The number of hydrogen-bond acceptors (Lipinski definition) is 1. The summed E-state index contributed by atoms with van der Waals surface area (Å²) >= 11 is 0. The van der Waals surface area contributed by atoms with Crippen molar-refractivity contribution in [1.29, 1.82) is 0 Å². The maximum absolute atomic E-state index is 13.6. The molecule has 0 radical (unpaired) electrons. The fourth-order valence-electron chi connectivity index (χ4n) is 5.17. The zero-order valence-electron chi connectivity index (χ0n) is 36.4. The summed E-state index contributed by atoms with van der Waals surface area (Å²) in [5, 5.41) is 0. The highest BCUT2D eigenvalue weighted by Gasteiger charge is 2.23. The van der Waals surface area contributed by atoms with Crippen LogP contribution in [0.3, 0.4) is 0 Å². The lowest BCUT2D eigenvalue weighted by Crippen LogP contribution is -2.12. The number of aryl methyl sites for hydroxylation is 4. The molecule has 0 aromatic heterocycles. The van der Waals surface area contributed by atoms with Gasteiger partial charge in [0, 0.05) is 17.1 Å². The molecule has 1 heteroatoms. The Labute approximate surface area is 313 Å². The maximum Gasteiger partial charge on any atom is 0.170 e. The number of carbonyl (C=O) groups is 1. The summed E-state index contributed by atoms with van der Waals surface area (Å²) in [5.41, 5.74) is 16.9. The average molecular weight is 685 g/mol. The molecule has 0 aliphatic heterocycles. The standard InChI is InChI=1S/C34H40O.C3H8.4C2H6.2C2H4/c1-11-28-16-24(7)33(18-22(28)5)34(35)27(10)29-14-13-20(3)32(19-29)31(12-2)23(6)17-30-15-21(4)25(8)26(30)9;1-3-2;6*1-2/h13-16,18-19,26-27H,2,6,11,17H2,1,3-5,7-10H3;3H2,1-2H3;4*1-2H3;2*1-2H2. The Balaban J connectivity index is -0.000000395. The third-order valence-corrected chi connectivity index (χ3v) is 7.93. The minimum absolute atomic E-state index is 0.160. The van der Waals surface area contributed by atoms with Crippen molar-refractivity contribution < 1.29 is 4.79 Å². The molecule has 0 saturated carbocycles. The van der Waals surface area contributed by atoms with Gasteiger partial charge in [0.15, 0.2) is 5.78 Å². The van der Waals surface area contributed by atoms with E-state index in [2.05, 4.69) is 137 Å². The lowest BCUT2D eigenvalue weighted by molar-refractivity contribution is 0.0965. The van der Waals surface area contributed by atoms with E-state index in [9.17, 15) is 4.79 Å². The molecule has 0 bridgehead atoms. The molecule has 2 aromatic rings. The highest BCUT2D eigenvalue weighted by Crippen LogP contribution is 2.38. The second-order valence-electron chi connectivity index (χ2n) is 11.0. The van der Waals surface area contributed by atoms with E-state index in [-0.39, 0.29) is 11.7 Å². The second kappa shape index (κ2) is 33.8. The van der Waals surface area contributed by atoms with E-state index in [0.717, 1.165) is 51.8 Å². The predicted octanol–water partition coefficient (Wildman–Crippen LogP) is 16.3. The maximum atomic E-state index is 13.6. The van der Waals surface area contributed by atoms with Crippen molar-refractivity contribution >= 4 is 11.4 Å². The number of carbonyl (C=O) groups excluding carboxylic acids is 1. The highest BCUT2D eigenvalue weighted by atomic mass is 16.1. The van der Waals surface area contributed by atoms with Crippen molar-refractivity contribution in [3.63, 3.8) is 0 Å². The normalized spacial score (nSPS) is 12.3. The van der Waals surface area contributed by atoms with Gasteiger partial charge in [0.1, 0.15) is 0 Å². The summed E-state index contributed by atoms with van der Waals surface area (Å²) in [4.78, 5) is 13.6. The third-order valence-electron chi connectivity index (χ3n) is 7.93. The van der Waals surface area contributed by atoms with E-state index in [1.54, 1.807) is 0 Å². The van der Waals surface area contributed by atoms with Gasteiger partial charge in [0.2, 0.25) is 0 Å². The fourth-order valence-corrected chi connectivity index (χ4v) is 5.17. The predicted molar refractivity (Wildman–Crippen MR) is 235 cm³/mol. The molecule has 282 valence electrons. The molecule has 0 saturated heterocycles. The number of hydrogen-bond donors (Lipinski definition) is 0.